The highest BCUT2D eigenvalue weighted by molar-refractivity contribution is 5.97. The molecular formula is C21H29N3O3. The van der Waals surface area contributed by atoms with E-state index >= 15 is 0 Å². The van der Waals surface area contributed by atoms with Gasteiger partial charge in [0.25, 0.3) is 5.91 Å². The molecule has 1 aromatic carbocycles. The van der Waals surface area contributed by atoms with Crippen LogP contribution in [0.4, 0.5) is 0 Å². The van der Waals surface area contributed by atoms with Gasteiger partial charge in [-0.25, -0.2) is 0 Å². The molecule has 2 saturated heterocycles. The van der Waals surface area contributed by atoms with E-state index in [2.05, 4.69) is 24.8 Å². The normalized spacial score (nSPS) is 25.4. The number of rotatable bonds is 3. The van der Waals surface area contributed by atoms with E-state index in [4.69, 9.17) is 4.74 Å². The van der Waals surface area contributed by atoms with Crippen molar-refractivity contribution in [3.8, 4) is 5.75 Å². The quantitative estimate of drug-likeness (QED) is 0.815. The topological polar surface area (TPSA) is 53.1 Å². The highest BCUT2D eigenvalue weighted by Gasteiger charge is 2.33. The van der Waals surface area contributed by atoms with Gasteiger partial charge in [0.05, 0.1) is 12.1 Å². The number of hydrogen-bond donors (Lipinski definition) is 0. The van der Waals surface area contributed by atoms with E-state index in [1.54, 1.807) is 0 Å². The summed E-state index contributed by atoms with van der Waals surface area (Å²) in [5.41, 5.74) is 1.80. The van der Waals surface area contributed by atoms with Gasteiger partial charge in [-0.15, -0.1) is 0 Å². The van der Waals surface area contributed by atoms with Gasteiger partial charge in [0, 0.05) is 50.7 Å². The number of fused-ring (bicyclic) bond motifs is 1. The molecule has 0 bridgehead atoms. The molecule has 0 spiro atoms. The predicted molar refractivity (Wildman–Crippen MR) is 103 cm³/mol. The average molecular weight is 371 g/mol. The van der Waals surface area contributed by atoms with Crippen LogP contribution in [-0.2, 0) is 4.79 Å². The Balaban J connectivity index is 1.36. The third-order valence-corrected chi connectivity index (χ3v) is 6.25. The number of amides is 2. The second-order valence-electron chi connectivity index (χ2n) is 7.99. The number of para-hydroxylation sites is 1. The van der Waals surface area contributed by atoms with Crippen LogP contribution in [-0.4, -0.2) is 78.4 Å². The molecule has 0 aliphatic carbocycles. The van der Waals surface area contributed by atoms with Gasteiger partial charge in [-0.1, -0.05) is 19.1 Å². The molecule has 27 heavy (non-hydrogen) atoms. The molecule has 2 fully saturated rings. The molecule has 2 atom stereocenters. The molecule has 0 unspecified atom stereocenters. The van der Waals surface area contributed by atoms with E-state index in [0.29, 0.717) is 31.1 Å². The third kappa shape index (κ3) is 3.55. The van der Waals surface area contributed by atoms with Crippen LogP contribution in [0.25, 0.3) is 0 Å². The van der Waals surface area contributed by atoms with Crippen LogP contribution >= 0.6 is 0 Å². The largest absolute Gasteiger partial charge is 0.489 e. The lowest BCUT2D eigenvalue weighted by Crippen LogP contribution is -2.51. The zero-order chi connectivity index (χ0) is 19.0. The van der Waals surface area contributed by atoms with Crippen molar-refractivity contribution in [1.29, 1.82) is 0 Å². The Morgan fingerprint density at radius 3 is 2.41 bits per heavy atom. The molecule has 0 saturated carbocycles. The molecular weight excluding hydrogens is 342 g/mol. The highest BCUT2D eigenvalue weighted by atomic mass is 16.5. The van der Waals surface area contributed by atoms with Gasteiger partial charge < -0.3 is 14.5 Å². The van der Waals surface area contributed by atoms with E-state index < -0.39 is 0 Å². The summed E-state index contributed by atoms with van der Waals surface area (Å²) in [6.45, 7) is 9.25. The van der Waals surface area contributed by atoms with Crippen LogP contribution in [0.3, 0.4) is 0 Å². The van der Waals surface area contributed by atoms with Gasteiger partial charge in [-0.3, -0.25) is 14.5 Å². The van der Waals surface area contributed by atoms with Crippen molar-refractivity contribution in [3.63, 3.8) is 0 Å². The number of nitrogens with zero attached hydrogens (tertiary/aromatic N) is 3. The Bertz CT molecular complexity index is 721. The lowest BCUT2D eigenvalue weighted by Gasteiger charge is -2.35. The molecule has 0 radical (unpaired) electrons. The fourth-order valence-electron chi connectivity index (χ4n) is 4.29. The van der Waals surface area contributed by atoms with Crippen LogP contribution in [0.1, 0.15) is 48.5 Å². The maximum Gasteiger partial charge on any atom is 0.257 e. The van der Waals surface area contributed by atoms with E-state index in [0.717, 1.165) is 50.3 Å². The first-order chi connectivity index (χ1) is 13.0. The molecule has 0 aromatic heterocycles. The molecule has 3 heterocycles. The van der Waals surface area contributed by atoms with Crippen LogP contribution in [0.2, 0.25) is 0 Å². The molecule has 2 amide bonds. The fraction of sp³-hybridized carbons (Fsp3) is 0.619. The summed E-state index contributed by atoms with van der Waals surface area (Å²) in [7, 11) is 0. The maximum absolute atomic E-state index is 13.1. The number of hydrogen-bond acceptors (Lipinski definition) is 4. The van der Waals surface area contributed by atoms with Gasteiger partial charge in [0.15, 0.2) is 0 Å². The third-order valence-electron chi connectivity index (χ3n) is 6.25. The Morgan fingerprint density at radius 1 is 1.00 bits per heavy atom. The maximum atomic E-state index is 13.1. The van der Waals surface area contributed by atoms with Crippen molar-refractivity contribution >= 4 is 11.8 Å². The average Bonchev–Trinajstić information content (AvgIpc) is 3.31. The Hall–Kier alpha value is -2.08. The number of likely N-dealkylation sites (tertiary alicyclic amines) is 1. The van der Waals surface area contributed by atoms with E-state index in [-0.39, 0.29) is 17.9 Å². The molecule has 146 valence electrons. The van der Waals surface area contributed by atoms with Crippen molar-refractivity contribution in [2.24, 2.45) is 0 Å². The summed E-state index contributed by atoms with van der Waals surface area (Å²) in [6, 6.07) is 5.88. The molecule has 3 aliphatic heterocycles. The van der Waals surface area contributed by atoms with Gasteiger partial charge >= 0.3 is 0 Å². The molecule has 1 aromatic rings. The minimum atomic E-state index is 0.0404. The van der Waals surface area contributed by atoms with Crippen molar-refractivity contribution in [2.75, 3.05) is 45.8 Å². The van der Waals surface area contributed by atoms with Crippen molar-refractivity contribution in [3.05, 3.63) is 29.3 Å². The fourth-order valence-corrected chi connectivity index (χ4v) is 4.29. The number of benzene rings is 1. The monoisotopic (exact) mass is 371 g/mol. The van der Waals surface area contributed by atoms with Crippen LogP contribution in [0, 0.1) is 0 Å². The Labute approximate surface area is 161 Å². The van der Waals surface area contributed by atoms with Crippen molar-refractivity contribution < 1.29 is 14.3 Å². The number of piperazine rings is 1. The zero-order valence-electron chi connectivity index (χ0n) is 16.3. The highest BCUT2D eigenvalue weighted by Crippen LogP contribution is 2.40. The number of ether oxygens (including phenoxy) is 1. The number of carbonyl (C=O) groups is 2. The van der Waals surface area contributed by atoms with Crippen molar-refractivity contribution in [2.45, 2.75) is 38.7 Å². The minimum absolute atomic E-state index is 0.0404. The first-order valence-corrected chi connectivity index (χ1v) is 10.1. The van der Waals surface area contributed by atoms with Gasteiger partial charge in [-0.05, 0) is 25.8 Å². The van der Waals surface area contributed by atoms with Crippen molar-refractivity contribution in [1.82, 2.24) is 14.7 Å². The lowest BCUT2D eigenvalue weighted by atomic mass is 9.96. The smallest absolute Gasteiger partial charge is 0.257 e. The number of carbonyl (C=O) groups excluding carboxylic acids is 2. The first kappa shape index (κ1) is 18.3. The van der Waals surface area contributed by atoms with Crippen LogP contribution < -0.4 is 4.74 Å². The van der Waals surface area contributed by atoms with Crippen LogP contribution in [0.5, 0.6) is 5.75 Å². The second kappa shape index (κ2) is 7.50. The Kier molecular flexibility index (Phi) is 5.08. The lowest BCUT2D eigenvalue weighted by molar-refractivity contribution is -0.131. The van der Waals surface area contributed by atoms with Crippen LogP contribution in [0.15, 0.2) is 18.2 Å². The molecule has 3 aliphatic rings. The summed E-state index contributed by atoms with van der Waals surface area (Å²) in [6.07, 6.45) is 2.34. The van der Waals surface area contributed by atoms with E-state index in [1.807, 2.05) is 21.9 Å². The minimum Gasteiger partial charge on any atom is -0.489 e. The van der Waals surface area contributed by atoms with Gasteiger partial charge in [-0.2, -0.15) is 0 Å². The summed E-state index contributed by atoms with van der Waals surface area (Å²) in [5.74, 6) is 1.33. The summed E-state index contributed by atoms with van der Waals surface area (Å²) >= 11 is 0. The Morgan fingerprint density at radius 2 is 1.70 bits per heavy atom. The summed E-state index contributed by atoms with van der Waals surface area (Å²) in [4.78, 5) is 31.4. The molecule has 4 rings (SSSR count). The van der Waals surface area contributed by atoms with E-state index in [9.17, 15) is 9.59 Å². The second-order valence-corrected chi connectivity index (χ2v) is 7.99. The van der Waals surface area contributed by atoms with Gasteiger partial charge in [0.2, 0.25) is 5.91 Å². The molecule has 6 heteroatoms. The SMILES string of the molecule is C[C@@H]1Oc2c(C(=O)N3CCN(CC(=O)N4CCCC4)CC3)cccc2[C@H]1C. The molecule has 0 N–H and O–H groups in total. The van der Waals surface area contributed by atoms with Gasteiger partial charge in [0.1, 0.15) is 11.9 Å². The standard InChI is InChI=1S/C21H29N3O3/c1-15-16(2)27-20-17(15)6-5-7-18(20)21(26)24-12-10-22(11-13-24)14-19(25)23-8-3-4-9-23/h5-7,15-16H,3-4,8-14H2,1-2H3/t15-,16-/m0/s1. The zero-order valence-corrected chi connectivity index (χ0v) is 16.3. The summed E-state index contributed by atoms with van der Waals surface area (Å²) in [5, 5.41) is 0. The molecule has 6 nitrogen and oxygen atoms in total. The first-order valence-electron chi connectivity index (χ1n) is 10.1. The summed E-state index contributed by atoms with van der Waals surface area (Å²) < 4.78 is 5.98. The predicted octanol–water partition coefficient (Wildman–Crippen LogP) is 1.95. The van der Waals surface area contributed by atoms with E-state index in [1.165, 1.54) is 0 Å².